The molecule has 2 fully saturated rings. The Morgan fingerprint density at radius 3 is 2.59 bits per heavy atom. The van der Waals surface area contributed by atoms with Crippen LogP contribution in [-0.4, -0.2) is 26.3 Å². The zero-order valence-corrected chi connectivity index (χ0v) is 11.4. The van der Waals surface area contributed by atoms with Crippen molar-refractivity contribution in [3.63, 3.8) is 0 Å². The van der Waals surface area contributed by atoms with Crippen LogP contribution in [0.1, 0.15) is 18.4 Å². The van der Waals surface area contributed by atoms with Crippen LogP contribution in [0.25, 0.3) is 0 Å². The second-order valence-electron chi connectivity index (χ2n) is 4.92. The van der Waals surface area contributed by atoms with E-state index in [0.717, 1.165) is 43.6 Å². The van der Waals surface area contributed by atoms with E-state index in [0.29, 0.717) is 0 Å². The molecular weight excluding hydrogens is 280 g/mol. The highest BCUT2D eigenvalue weighted by molar-refractivity contribution is 9.10. The van der Waals surface area contributed by atoms with Crippen LogP contribution in [0.5, 0.6) is 0 Å². The summed E-state index contributed by atoms with van der Waals surface area (Å²) in [4.78, 5) is 2.39. The molecule has 0 aromatic heterocycles. The van der Waals surface area contributed by atoms with Gasteiger partial charge in [0.15, 0.2) is 0 Å². The van der Waals surface area contributed by atoms with Crippen LogP contribution in [0.15, 0.2) is 22.7 Å². The lowest BCUT2D eigenvalue weighted by Crippen LogP contribution is -2.38. The van der Waals surface area contributed by atoms with E-state index in [9.17, 15) is 0 Å². The number of ether oxygens (including phenoxy) is 1. The summed E-state index contributed by atoms with van der Waals surface area (Å²) in [7, 11) is 0. The van der Waals surface area contributed by atoms with Gasteiger partial charge in [-0.2, -0.15) is 0 Å². The van der Waals surface area contributed by atoms with E-state index in [1.807, 2.05) is 0 Å². The standard InChI is InChI=1S/C13H17BrN2O/c14-10-1-2-12(16-5-7-17-8-6-16)11(9-10)13(15)3-4-13/h1-2,9H,3-8,15H2. The Morgan fingerprint density at radius 1 is 1.24 bits per heavy atom. The normalized spacial score (nSPS) is 22.6. The quantitative estimate of drug-likeness (QED) is 0.910. The molecule has 0 amide bonds. The van der Waals surface area contributed by atoms with Crippen molar-refractivity contribution >= 4 is 21.6 Å². The highest BCUT2D eigenvalue weighted by Gasteiger charge is 2.42. The number of halogens is 1. The lowest BCUT2D eigenvalue weighted by Gasteiger charge is -2.32. The summed E-state index contributed by atoms with van der Waals surface area (Å²) < 4.78 is 6.52. The zero-order chi connectivity index (χ0) is 11.9. The zero-order valence-electron chi connectivity index (χ0n) is 9.79. The van der Waals surface area contributed by atoms with Gasteiger partial charge < -0.3 is 15.4 Å². The van der Waals surface area contributed by atoms with E-state index in [4.69, 9.17) is 10.5 Å². The van der Waals surface area contributed by atoms with Crippen molar-refractivity contribution in [2.24, 2.45) is 5.73 Å². The van der Waals surface area contributed by atoms with E-state index in [2.05, 4.69) is 39.0 Å². The molecule has 0 radical (unpaired) electrons. The molecule has 1 saturated heterocycles. The van der Waals surface area contributed by atoms with Gasteiger partial charge in [0, 0.05) is 28.8 Å². The summed E-state index contributed by atoms with van der Waals surface area (Å²) in [5.74, 6) is 0. The predicted octanol–water partition coefficient (Wildman–Crippen LogP) is 2.23. The molecule has 1 heterocycles. The molecule has 1 aromatic rings. The topological polar surface area (TPSA) is 38.5 Å². The maximum atomic E-state index is 6.37. The van der Waals surface area contributed by atoms with Gasteiger partial charge in [-0.05, 0) is 36.6 Å². The van der Waals surface area contributed by atoms with Gasteiger partial charge in [0.2, 0.25) is 0 Å². The average molecular weight is 297 g/mol. The molecule has 1 aliphatic heterocycles. The summed E-state index contributed by atoms with van der Waals surface area (Å²) in [5, 5.41) is 0. The lowest BCUT2D eigenvalue weighted by molar-refractivity contribution is 0.122. The molecular formula is C13H17BrN2O. The third kappa shape index (κ3) is 2.21. The van der Waals surface area contributed by atoms with Crippen molar-refractivity contribution < 1.29 is 4.74 Å². The minimum Gasteiger partial charge on any atom is -0.378 e. The highest BCUT2D eigenvalue weighted by atomic mass is 79.9. The molecule has 3 nitrogen and oxygen atoms in total. The highest BCUT2D eigenvalue weighted by Crippen LogP contribution is 2.47. The first-order valence-electron chi connectivity index (χ1n) is 6.11. The molecule has 17 heavy (non-hydrogen) atoms. The van der Waals surface area contributed by atoms with Gasteiger partial charge in [-0.15, -0.1) is 0 Å². The Labute approximate surface area is 110 Å². The van der Waals surface area contributed by atoms with Gasteiger partial charge in [-0.25, -0.2) is 0 Å². The van der Waals surface area contributed by atoms with Crippen LogP contribution in [0, 0.1) is 0 Å². The Hall–Kier alpha value is -0.580. The molecule has 4 heteroatoms. The minimum atomic E-state index is -0.0859. The van der Waals surface area contributed by atoms with Crippen LogP contribution in [0.4, 0.5) is 5.69 Å². The van der Waals surface area contributed by atoms with Crippen molar-refractivity contribution in [2.75, 3.05) is 31.2 Å². The summed E-state index contributed by atoms with van der Waals surface area (Å²) >= 11 is 3.54. The first-order chi connectivity index (χ1) is 8.19. The van der Waals surface area contributed by atoms with Crippen LogP contribution in [-0.2, 0) is 10.3 Å². The Kier molecular flexibility index (Phi) is 2.89. The second-order valence-corrected chi connectivity index (χ2v) is 5.83. The number of rotatable bonds is 2. The van der Waals surface area contributed by atoms with E-state index < -0.39 is 0 Å². The largest absolute Gasteiger partial charge is 0.378 e. The van der Waals surface area contributed by atoms with Gasteiger partial charge in [-0.1, -0.05) is 15.9 Å². The van der Waals surface area contributed by atoms with Crippen LogP contribution in [0.2, 0.25) is 0 Å². The molecule has 92 valence electrons. The van der Waals surface area contributed by atoms with Crippen molar-refractivity contribution in [1.82, 2.24) is 0 Å². The fraction of sp³-hybridized carbons (Fsp3) is 0.538. The van der Waals surface area contributed by atoms with E-state index in [1.165, 1.54) is 11.3 Å². The average Bonchev–Trinajstić information content (AvgIpc) is 3.10. The number of hydrogen-bond acceptors (Lipinski definition) is 3. The number of anilines is 1. The smallest absolute Gasteiger partial charge is 0.0642 e. The predicted molar refractivity (Wildman–Crippen MR) is 72.3 cm³/mol. The van der Waals surface area contributed by atoms with Gasteiger partial charge in [0.05, 0.1) is 13.2 Å². The fourth-order valence-corrected chi connectivity index (χ4v) is 2.75. The third-order valence-electron chi connectivity index (χ3n) is 3.64. The van der Waals surface area contributed by atoms with Crippen molar-refractivity contribution in [2.45, 2.75) is 18.4 Å². The molecule has 1 aromatic carbocycles. The SMILES string of the molecule is NC1(c2cc(Br)ccc2N2CCOCC2)CC1. The van der Waals surface area contributed by atoms with Crippen molar-refractivity contribution in [1.29, 1.82) is 0 Å². The summed E-state index contributed by atoms with van der Waals surface area (Å²) in [6.07, 6.45) is 2.20. The van der Waals surface area contributed by atoms with E-state index >= 15 is 0 Å². The number of hydrogen-bond donors (Lipinski definition) is 1. The number of benzene rings is 1. The van der Waals surface area contributed by atoms with E-state index in [1.54, 1.807) is 0 Å². The molecule has 0 bridgehead atoms. The first kappa shape index (κ1) is 11.5. The molecule has 0 spiro atoms. The molecule has 1 saturated carbocycles. The van der Waals surface area contributed by atoms with Crippen LogP contribution in [0.3, 0.4) is 0 Å². The summed E-state index contributed by atoms with van der Waals surface area (Å²) in [6, 6.07) is 6.45. The van der Waals surface area contributed by atoms with Gasteiger partial charge in [0.1, 0.15) is 0 Å². The molecule has 0 unspecified atom stereocenters. The van der Waals surface area contributed by atoms with Crippen LogP contribution >= 0.6 is 15.9 Å². The monoisotopic (exact) mass is 296 g/mol. The third-order valence-corrected chi connectivity index (χ3v) is 4.13. The fourth-order valence-electron chi connectivity index (χ4n) is 2.39. The van der Waals surface area contributed by atoms with Gasteiger partial charge in [-0.3, -0.25) is 0 Å². The summed E-state index contributed by atoms with van der Waals surface area (Å²) in [5.41, 5.74) is 8.85. The summed E-state index contributed by atoms with van der Waals surface area (Å²) in [6.45, 7) is 3.55. The van der Waals surface area contributed by atoms with Crippen molar-refractivity contribution in [3.05, 3.63) is 28.2 Å². The number of nitrogens with two attached hydrogens (primary N) is 1. The first-order valence-corrected chi connectivity index (χ1v) is 6.90. The van der Waals surface area contributed by atoms with Gasteiger partial charge >= 0.3 is 0 Å². The Bertz CT molecular complexity index is 425. The Morgan fingerprint density at radius 2 is 1.94 bits per heavy atom. The van der Waals surface area contributed by atoms with Gasteiger partial charge in [0.25, 0.3) is 0 Å². The Balaban J connectivity index is 1.97. The number of nitrogens with zero attached hydrogens (tertiary/aromatic N) is 1. The van der Waals surface area contributed by atoms with E-state index in [-0.39, 0.29) is 5.54 Å². The molecule has 2 aliphatic rings. The number of morpholine rings is 1. The maximum absolute atomic E-state index is 6.37. The molecule has 2 N–H and O–H groups in total. The second kappa shape index (κ2) is 4.26. The molecule has 0 atom stereocenters. The van der Waals surface area contributed by atoms with Crippen LogP contribution < -0.4 is 10.6 Å². The lowest BCUT2D eigenvalue weighted by atomic mass is 10.0. The van der Waals surface area contributed by atoms with Crippen molar-refractivity contribution in [3.8, 4) is 0 Å². The molecule has 3 rings (SSSR count). The maximum Gasteiger partial charge on any atom is 0.0642 e. The molecule has 1 aliphatic carbocycles. The minimum absolute atomic E-state index is 0.0859.